The monoisotopic (exact) mass is 366 g/mol. The lowest BCUT2D eigenvalue weighted by Gasteiger charge is -2.25. The van der Waals surface area contributed by atoms with Crippen LogP contribution in [0.2, 0.25) is 5.02 Å². The summed E-state index contributed by atoms with van der Waals surface area (Å²) in [7, 11) is 2.79. The van der Waals surface area contributed by atoms with Crippen molar-refractivity contribution in [2.24, 2.45) is 0 Å². The van der Waals surface area contributed by atoms with Crippen LogP contribution in [0.4, 0.5) is 0 Å². The third-order valence-corrected chi connectivity index (χ3v) is 4.78. The average molecular weight is 367 g/mol. The van der Waals surface area contributed by atoms with Crippen molar-refractivity contribution < 1.29 is 19.1 Å². The second kappa shape index (κ2) is 8.08. The minimum absolute atomic E-state index is 0.00732. The second-order valence-electron chi connectivity index (χ2n) is 4.92. The Hall–Kier alpha value is -2.17. The van der Waals surface area contributed by atoms with Gasteiger partial charge in [0.15, 0.2) is 0 Å². The molecule has 1 amide bonds. The van der Waals surface area contributed by atoms with Crippen molar-refractivity contribution in [3.8, 4) is 11.8 Å². The fourth-order valence-electron chi connectivity index (χ4n) is 2.31. The summed E-state index contributed by atoms with van der Waals surface area (Å²) in [6, 6.07) is 7.28. The Labute approximate surface area is 148 Å². The molecule has 6 nitrogen and oxygen atoms in total. The Morgan fingerprint density at radius 1 is 1.50 bits per heavy atom. The standard InChI is InChI=1S/C16H15ClN2O4S/c1-22-13-4-3-9(5-12(13)17)10-6-14(20)19-16(11(10)7-18)24-8-15(21)23-2/h3-5,10H,6,8H2,1-2H3,(H,19,20)/t10-/m0/s1. The maximum Gasteiger partial charge on any atom is 0.316 e. The highest BCUT2D eigenvalue weighted by Gasteiger charge is 2.30. The first kappa shape index (κ1) is 18.2. The number of hydrogen-bond donors (Lipinski definition) is 1. The van der Waals surface area contributed by atoms with Gasteiger partial charge < -0.3 is 14.8 Å². The number of methoxy groups -OCH3 is 2. The van der Waals surface area contributed by atoms with Crippen molar-refractivity contribution >= 4 is 35.2 Å². The Kier molecular flexibility index (Phi) is 6.12. The van der Waals surface area contributed by atoms with E-state index in [1.807, 2.05) is 0 Å². The average Bonchev–Trinajstić information content (AvgIpc) is 2.58. The van der Waals surface area contributed by atoms with Crippen LogP contribution in [0.25, 0.3) is 0 Å². The number of carbonyl (C=O) groups excluding carboxylic acids is 2. The van der Waals surface area contributed by atoms with E-state index in [1.54, 1.807) is 18.2 Å². The van der Waals surface area contributed by atoms with Gasteiger partial charge in [-0.15, -0.1) is 0 Å². The number of benzene rings is 1. The van der Waals surface area contributed by atoms with E-state index in [9.17, 15) is 14.9 Å². The largest absolute Gasteiger partial charge is 0.495 e. The van der Waals surface area contributed by atoms with E-state index in [4.69, 9.17) is 16.3 Å². The zero-order valence-electron chi connectivity index (χ0n) is 13.1. The van der Waals surface area contributed by atoms with Crippen LogP contribution >= 0.6 is 23.4 Å². The van der Waals surface area contributed by atoms with E-state index < -0.39 is 11.9 Å². The van der Waals surface area contributed by atoms with Crippen LogP contribution in [-0.4, -0.2) is 31.8 Å². The van der Waals surface area contributed by atoms with Gasteiger partial charge in [-0.25, -0.2) is 0 Å². The predicted octanol–water partition coefficient (Wildman–Crippen LogP) is 2.59. The zero-order valence-corrected chi connectivity index (χ0v) is 14.7. The molecule has 1 N–H and O–H groups in total. The topological polar surface area (TPSA) is 88.4 Å². The van der Waals surface area contributed by atoms with Crippen LogP contribution in [0.5, 0.6) is 5.75 Å². The number of allylic oxidation sites excluding steroid dienone is 1. The first-order valence-electron chi connectivity index (χ1n) is 6.97. The summed E-state index contributed by atoms with van der Waals surface area (Å²) >= 11 is 7.21. The van der Waals surface area contributed by atoms with Crippen LogP contribution in [0.3, 0.4) is 0 Å². The summed E-state index contributed by atoms with van der Waals surface area (Å²) < 4.78 is 9.70. The van der Waals surface area contributed by atoms with Crippen LogP contribution in [0.1, 0.15) is 17.9 Å². The molecule has 1 heterocycles. The molecular formula is C16H15ClN2O4S. The smallest absolute Gasteiger partial charge is 0.316 e. The van der Waals surface area contributed by atoms with E-state index in [-0.39, 0.29) is 18.1 Å². The number of thioether (sulfide) groups is 1. The zero-order chi connectivity index (χ0) is 17.7. The van der Waals surface area contributed by atoms with Crippen LogP contribution in [0, 0.1) is 11.3 Å². The number of hydrogen-bond acceptors (Lipinski definition) is 6. The molecule has 1 aliphatic heterocycles. The van der Waals surface area contributed by atoms with Crippen LogP contribution in [-0.2, 0) is 14.3 Å². The minimum atomic E-state index is -0.436. The van der Waals surface area contributed by atoms with Gasteiger partial charge in [0, 0.05) is 12.3 Å². The van der Waals surface area contributed by atoms with Gasteiger partial charge in [0.25, 0.3) is 0 Å². The van der Waals surface area contributed by atoms with Gasteiger partial charge in [0.2, 0.25) is 5.91 Å². The predicted molar refractivity (Wildman–Crippen MR) is 90.6 cm³/mol. The molecular weight excluding hydrogens is 352 g/mol. The molecule has 0 unspecified atom stereocenters. The summed E-state index contributed by atoms with van der Waals surface area (Å²) in [5.41, 5.74) is 1.13. The van der Waals surface area contributed by atoms with E-state index in [2.05, 4.69) is 16.1 Å². The molecule has 0 saturated carbocycles. The summed E-state index contributed by atoms with van der Waals surface area (Å²) in [6.07, 6.45) is 0.133. The molecule has 0 radical (unpaired) electrons. The lowest BCUT2D eigenvalue weighted by Crippen LogP contribution is -2.31. The van der Waals surface area contributed by atoms with E-state index in [1.165, 1.54) is 14.2 Å². The lowest BCUT2D eigenvalue weighted by molar-refractivity contribution is -0.137. The highest BCUT2D eigenvalue weighted by molar-refractivity contribution is 8.03. The number of ether oxygens (including phenoxy) is 2. The molecule has 0 fully saturated rings. The van der Waals surface area contributed by atoms with Crippen molar-refractivity contribution in [3.05, 3.63) is 39.4 Å². The van der Waals surface area contributed by atoms with Gasteiger partial charge in [-0.3, -0.25) is 9.59 Å². The normalized spacial score (nSPS) is 17.1. The number of amides is 1. The minimum Gasteiger partial charge on any atom is -0.495 e. The molecule has 1 aromatic carbocycles. The van der Waals surface area contributed by atoms with Gasteiger partial charge in [0.05, 0.1) is 41.7 Å². The molecule has 0 bridgehead atoms. The van der Waals surface area contributed by atoms with Crippen LogP contribution in [0.15, 0.2) is 28.8 Å². The molecule has 1 aliphatic rings. The molecule has 8 heteroatoms. The fraction of sp³-hybridized carbons (Fsp3) is 0.312. The molecule has 0 aromatic heterocycles. The highest BCUT2D eigenvalue weighted by Crippen LogP contribution is 2.38. The van der Waals surface area contributed by atoms with Crippen LogP contribution < -0.4 is 10.1 Å². The van der Waals surface area contributed by atoms with Crippen molar-refractivity contribution in [2.75, 3.05) is 20.0 Å². The molecule has 24 heavy (non-hydrogen) atoms. The number of rotatable bonds is 5. The maximum absolute atomic E-state index is 12.0. The molecule has 1 aromatic rings. The molecule has 2 rings (SSSR count). The van der Waals surface area contributed by atoms with Gasteiger partial charge in [-0.05, 0) is 17.7 Å². The maximum atomic E-state index is 12.0. The Bertz CT molecular complexity index is 742. The molecule has 0 aliphatic carbocycles. The Morgan fingerprint density at radius 2 is 2.25 bits per heavy atom. The summed E-state index contributed by atoms with van der Waals surface area (Å²) in [5, 5.41) is 13.0. The number of esters is 1. The van der Waals surface area contributed by atoms with Crippen molar-refractivity contribution in [2.45, 2.75) is 12.3 Å². The van der Waals surface area contributed by atoms with Crippen molar-refractivity contribution in [1.29, 1.82) is 5.26 Å². The summed E-state index contributed by atoms with van der Waals surface area (Å²) in [6.45, 7) is 0. The second-order valence-corrected chi connectivity index (χ2v) is 6.31. The molecule has 0 spiro atoms. The van der Waals surface area contributed by atoms with E-state index >= 15 is 0 Å². The van der Waals surface area contributed by atoms with E-state index in [0.29, 0.717) is 21.4 Å². The number of nitrogens with one attached hydrogen (secondary N) is 1. The first-order valence-corrected chi connectivity index (χ1v) is 8.33. The Balaban J connectivity index is 2.36. The first-order chi connectivity index (χ1) is 11.5. The fourth-order valence-corrected chi connectivity index (χ4v) is 3.48. The van der Waals surface area contributed by atoms with Gasteiger partial charge in [-0.1, -0.05) is 29.4 Å². The number of nitriles is 1. The lowest BCUT2D eigenvalue weighted by atomic mass is 9.87. The number of halogens is 1. The third kappa shape index (κ3) is 4.02. The summed E-state index contributed by atoms with van der Waals surface area (Å²) in [5.74, 6) is -0.560. The number of nitrogens with zero attached hydrogens (tertiary/aromatic N) is 1. The summed E-state index contributed by atoms with van der Waals surface area (Å²) in [4.78, 5) is 23.3. The quantitative estimate of drug-likeness (QED) is 0.806. The van der Waals surface area contributed by atoms with Gasteiger partial charge in [-0.2, -0.15) is 5.26 Å². The van der Waals surface area contributed by atoms with Gasteiger partial charge >= 0.3 is 5.97 Å². The third-order valence-electron chi connectivity index (χ3n) is 3.50. The number of carbonyl (C=O) groups is 2. The highest BCUT2D eigenvalue weighted by atomic mass is 35.5. The van der Waals surface area contributed by atoms with E-state index in [0.717, 1.165) is 17.3 Å². The Morgan fingerprint density at radius 3 is 2.83 bits per heavy atom. The molecule has 0 saturated heterocycles. The van der Waals surface area contributed by atoms with Gasteiger partial charge in [0.1, 0.15) is 5.75 Å². The molecule has 1 atom stereocenters. The van der Waals surface area contributed by atoms with Crippen molar-refractivity contribution in [3.63, 3.8) is 0 Å². The van der Waals surface area contributed by atoms with Crippen molar-refractivity contribution in [1.82, 2.24) is 5.32 Å². The molecule has 126 valence electrons. The SMILES string of the molecule is COC(=O)CSC1=C(C#N)[C@H](c2ccc(OC)c(Cl)c2)CC(=O)N1.